The number of hydrogen-bond acceptors (Lipinski definition) is 4. The summed E-state index contributed by atoms with van der Waals surface area (Å²) in [6.45, 7) is 3.67. The summed E-state index contributed by atoms with van der Waals surface area (Å²) in [5, 5.41) is 9.43. The van der Waals surface area contributed by atoms with E-state index < -0.39 is 0 Å². The van der Waals surface area contributed by atoms with Crippen molar-refractivity contribution in [2.75, 3.05) is 26.3 Å². The van der Waals surface area contributed by atoms with Crippen molar-refractivity contribution < 1.29 is 9.53 Å². The number of aldehydes is 1. The first-order valence-electron chi connectivity index (χ1n) is 6.62. The van der Waals surface area contributed by atoms with E-state index in [0.29, 0.717) is 31.0 Å². The van der Waals surface area contributed by atoms with Crippen LogP contribution in [0, 0.1) is 11.3 Å². The molecule has 0 aliphatic carbocycles. The van der Waals surface area contributed by atoms with Crippen LogP contribution in [0.1, 0.15) is 21.6 Å². The smallest absolute Gasteiger partial charge is 0.167 e. The highest BCUT2D eigenvalue weighted by Gasteiger charge is 2.20. The molecule has 0 aromatic carbocycles. The number of rotatable bonds is 3. The van der Waals surface area contributed by atoms with E-state index in [4.69, 9.17) is 4.74 Å². The molecular formula is C15H15N3O2. The molecule has 3 rings (SSSR count). The van der Waals surface area contributed by atoms with Crippen molar-refractivity contribution in [2.45, 2.75) is 6.54 Å². The van der Waals surface area contributed by atoms with E-state index in [9.17, 15) is 10.1 Å². The molecule has 0 bridgehead atoms. The van der Waals surface area contributed by atoms with E-state index in [-0.39, 0.29) is 0 Å². The number of carbonyl (C=O) groups excluding carboxylic acids is 1. The lowest BCUT2D eigenvalue weighted by atomic mass is 10.1. The van der Waals surface area contributed by atoms with Gasteiger partial charge in [0.25, 0.3) is 0 Å². The molecule has 20 heavy (non-hydrogen) atoms. The van der Waals surface area contributed by atoms with Gasteiger partial charge in [-0.1, -0.05) is 6.07 Å². The lowest BCUT2D eigenvalue weighted by Gasteiger charge is -2.26. The van der Waals surface area contributed by atoms with Crippen molar-refractivity contribution in [3.05, 3.63) is 41.2 Å². The van der Waals surface area contributed by atoms with Crippen molar-refractivity contribution in [2.24, 2.45) is 0 Å². The number of morpholine rings is 1. The fourth-order valence-electron chi connectivity index (χ4n) is 2.68. The summed E-state index contributed by atoms with van der Waals surface area (Å²) < 4.78 is 7.12. The maximum absolute atomic E-state index is 11.4. The van der Waals surface area contributed by atoms with Crippen LogP contribution in [0.5, 0.6) is 0 Å². The first-order valence-corrected chi connectivity index (χ1v) is 6.62. The summed E-state index contributed by atoms with van der Waals surface area (Å²) in [5.74, 6) is 0. The highest BCUT2D eigenvalue weighted by atomic mass is 16.5. The maximum atomic E-state index is 11.4. The summed E-state index contributed by atoms with van der Waals surface area (Å²) in [6.07, 6.45) is 2.66. The second-order valence-electron chi connectivity index (χ2n) is 4.81. The van der Waals surface area contributed by atoms with Gasteiger partial charge >= 0.3 is 0 Å². The third-order valence-electron chi connectivity index (χ3n) is 3.70. The van der Waals surface area contributed by atoms with Gasteiger partial charge in [0.05, 0.1) is 30.0 Å². The van der Waals surface area contributed by atoms with Crippen molar-refractivity contribution in [1.29, 1.82) is 5.26 Å². The molecule has 102 valence electrons. The van der Waals surface area contributed by atoms with Crippen molar-refractivity contribution in [3.63, 3.8) is 0 Å². The average molecular weight is 269 g/mol. The number of pyridine rings is 1. The van der Waals surface area contributed by atoms with Crippen LogP contribution in [0.2, 0.25) is 0 Å². The molecule has 0 unspecified atom stereocenters. The van der Waals surface area contributed by atoms with Crippen molar-refractivity contribution in [3.8, 4) is 6.07 Å². The standard InChI is InChI=1S/C15H15N3O2/c16-9-12-13(10-17-5-7-20-8-6-17)15(11-19)18-4-2-1-3-14(12)18/h1-4,11H,5-8,10H2. The quantitative estimate of drug-likeness (QED) is 0.791. The van der Waals surface area contributed by atoms with Gasteiger partial charge in [0, 0.05) is 31.4 Å². The third kappa shape index (κ3) is 2.09. The number of aromatic nitrogens is 1. The Hall–Kier alpha value is -2.16. The molecule has 0 saturated carbocycles. The Morgan fingerprint density at radius 2 is 2.15 bits per heavy atom. The van der Waals surface area contributed by atoms with Crippen molar-refractivity contribution in [1.82, 2.24) is 9.30 Å². The van der Waals surface area contributed by atoms with E-state index in [1.165, 1.54) is 0 Å². The van der Waals surface area contributed by atoms with Gasteiger partial charge in [0.1, 0.15) is 6.07 Å². The van der Waals surface area contributed by atoms with E-state index in [1.807, 2.05) is 24.4 Å². The largest absolute Gasteiger partial charge is 0.379 e. The van der Waals surface area contributed by atoms with Gasteiger partial charge in [-0.3, -0.25) is 9.69 Å². The molecule has 1 fully saturated rings. The zero-order valence-electron chi connectivity index (χ0n) is 11.1. The fraction of sp³-hybridized carbons (Fsp3) is 0.333. The summed E-state index contributed by atoms with van der Waals surface area (Å²) in [5.41, 5.74) is 2.78. The van der Waals surface area contributed by atoms with Gasteiger partial charge in [0.2, 0.25) is 0 Å². The second kappa shape index (κ2) is 5.45. The summed E-state index contributed by atoms with van der Waals surface area (Å²) in [4.78, 5) is 13.7. The monoisotopic (exact) mass is 269 g/mol. The van der Waals surface area contributed by atoms with Gasteiger partial charge in [-0.05, 0) is 12.1 Å². The summed E-state index contributed by atoms with van der Waals surface area (Å²) in [7, 11) is 0. The minimum absolute atomic E-state index is 0.573. The van der Waals surface area contributed by atoms with E-state index in [2.05, 4.69) is 11.0 Å². The molecule has 5 heteroatoms. The van der Waals surface area contributed by atoms with Crippen LogP contribution >= 0.6 is 0 Å². The Labute approximate surface area is 117 Å². The number of carbonyl (C=O) groups is 1. The first-order chi connectivity index (χ1) is 9.85. The molecular weight excluding hydrogens is 254 g/mol. The lowest BCUT2D eigenvalue weighted by molar-refractivity contribution is 0.0341. The molecule has 3 heterocycles. The Kier molecular flexibility index (Phi) is 3.50. The average Bonchev–Trinajstić information content (AvgIpc) is 2.80. The minimum atomic E-state index is 0.573. The van der Waals surface area contributed by atoms with Crippen LogP contribution < -0.4 is 0 Å². The molecule has 0 atom stereocenters. The zero-order chi connectivity index (χ0) is 13.9. The van der Waals surface area contributed by atoms with Crippen LogP contribution in [0.4, 0.5) is 0 Å². The van der Waals surface area contributed by atoms with Crippen LogP contribution in [0.3, 0.4) is 0 Å². The minimum Gasteiger partial charge on any atom is -0.379 e. The number of ether oxygens (including phenoxy) is 1. The zero-order valence-corrected chi connectivity index (χ0v) is 11.1. The topological polar surface area (TPSA) is 57.7 Å². The van der Waals surface area contributed by atoms with Gasteiger partial charge in [-0.2, -0.15) is 5.26 Å². The molecule has 2 aromatic rings. The predicted molar refractivity (Wildman–Crippen MR) is 73.6 cm³/mol. The molecule has 1 aliphatic rings. The highest BCUT2D eigenvalue weighted by molar-refractivity contribution is 5.83. The number of fused-ring (bicyclic) bond motifs is 1. The fourth-order valence-corrected chi connectivity index (χ4v) is 2.68. The van der Waals surface area contributed by atoms with Gasteiger partial charge in [-0.15, -0.1) is 0 Å². The molecule has 0 radical (unpaired) electrons. The highest BCUT2D eigenvalue weighted by Crippen LogP contribution is 2.24. The molecule has 5 nitrogen and oxygen atoms in total. The lowest BCUT2D eigenvalue weighted by Crippen LogP contribution is -2.36. The van der Waals surface area contributed by atoms with Gasteiger partial charge in [-0.25, -0.2) is 0 Å². The third-order valence-corrected chi connectivity index (χ3v) is 3.70. The molecule has 0 amide bonds. The number of hydrogen-bond donors (Lipinski definition) is 0. The number of nitrogens with zero attached hydrogens (tertiary/aromatic N) is 3. The van der Waals surface area contributed by atoms with Crippen LogP contribution in [0.25, 0.3) is 5.52 Å². The Morgan fingerprint density at radius 1 is 1.35 bits per heavy atom. The van der Waals surface area contributed by atoms with Gasteiger partial charge in [0.15, 0.2) is 6.29 Å². The normalized spacial score (nSPS) is 16.1. The van der Waals surface area contributed by atoms with Crippen LogP contribution in [-0.4, -0.2) is 41.9 Å². The molecule has 0 spiro atoms. The molecule has 0 N–H and O–H groups in total. The van der Waals surface area contributed by atoms with Gasteiger partial charge < -0.3 is 9.14 Å². The molecule has 2 aromatic heterocycles. The van der Waals surface area contributed by atoms with E-state index in [1.54, 1.807) is 4.40 Å². The van der Waals surface area contributed by atoms with E-state index in [0.717, 1.165) is 30.5 Å². The Bertz CT molecular complexity index is 678. The molecule has 1 saturated heterocycles. The summed E-state index contributed by atoms with van der Waals surface area (Å²) in [6, 6.07) is 7.85. The van der Waals surface area contributed by atoms with Crippen LogP contribution in [-0.2, 0) is 11.3 Å². The molecule has 1 aliphatic heterocycles. The SMILES string of the molecule is N#Cc1c(CN2CCOCC2)c(C=O)n2ccccc12. The number of nitriles is 1. The van der Waals surface area contributed by atoms with Crippen LogP contribution in [0.15, 0.2) is 24.4 Å². The van der Waals surface area contributed by atoms with E-state index >= 15 is 0 Å². The van der Waals surface area contributed by atoms with Crippen molar-refractivity contribution >= 4 is 11.8 Å². The predicted octanol–water partition coefficient (Wildman–Crippen LogP) is 1.46. The first kappa shape index (κ1) is 12.9. The maximum Gasteiger partial charge on any atom is 0.167 e. The Balaban J connectivity index is 2.08. The second-order valence-corrected chi connectivity index (χ2v) is 4.81. The summed E-state index contributed by atoms with van der Waals surface area (Å²) >= 11 is 0. The Morgan fingerprint density at radius 3 is 2.85 bits per heavy atom.